The van der Waals surface area contributed by atoms with Gasteiger partial charge in [0.15, 0.2) is 12.4 Å². The molecule has 0 N–H and O–H groups in total. The molecule has 1 fully saturated rings. The fourth-order valence-corrected chi connectivity index (χ4v) is 3.25. The molecule has 0 saturated carbocycles. The number of rotatable bonds is 9. The lowest BCUT2D eigenvalue weighted by molar-refractivity contribution is -0.138. The molecule has 0 aliphatic carbocycles. The van der Waals surface area contributed by atoms with E-state index in [9.17, 15) is 4.79 Å². The summed E-state index contributed by atoms with van der Waals surface area (Å²) in [7, 11) is 1.60. The molecule has 1 aliphatic rings. The molecule has 2 heterocycles. The van der Waals surface area contributed by atoms with Crippen LogP contribution in [0.25, 0.3) is 0 Å². The van der Waals surface area contributed by atoms with Crippen LogP contribution in [0.1, 0.15) is 31.5 Å². The Hall–Kier alpha value is -2.45. The average molecular weight is 389 g/mol. The SMILES string of the molecule is COCCOCC(=O)N1CCCC(C)(c2noc(COc3ccccc3)n2)C1. The van der Waals surface area contributed by atoms with Gasteiger partial charge < -0.3 is 23.6 Å². The van der Waals surface area contributed by atoms with E-state index in [4.69, 9.17) is 18.7 Å². The number of carbonyl (C=O) groups is 1. The largest absolute Gasteiger partial charge is 0.484 e. The monoisotopic (exact) mass is 389 g/mol. The maximum atomic E-state index is 12.4. The third kappa shape index (κ3) is 5.30. The summed E-state index contributed by atoms with van der Waals surface area (Å²) in [4.78, 5) is 18.7. The average Bonchev–Trinajstić information content (AvgIpc) is 3.20. The van der Waals surface area contributed by atoms with Crippen LogP contribution in [0.2, 0.25) is 0 Å². The highest BCUT2D eigenvalue weighted by Crippen LogP contribution is 2.32. The van der Waals surface area contributed by atoms with Crippen LogP contribution in [-0.2, 0) is 26.3 Å². The van der Waals surface area contributed by atoms with E-state index in [0.717, 1.165) is 18.6 Å². The van der Waals surface area contributed by atoms with E-state index in [-0.39, 0.29) is 24.5 Å². The van der Waals surface area contributed by atoms with Gasteiger partial charge in [0.25, 0.3) is 5.89 Å². The zero-order valence-electron chi connectivity index (χ0n) is 16.4. The summed E-state index contributed by atoms with van der Waals surface area (Å²) in [6.45, 7) is 4.46. The van der Waals surface area contributed by atoms with Gasteiger partial charge in [0.2, 0.25) is 5.91 Å². The van der Waals surface area contributed by atoms with Crippen LogP contribution < -0.4 is 4.74 Å². The molecule has 152 valence electrons. The van der Waals surface area contributed by atoms with Crippen LogP contribution >= 0.6 is 0 Å². The molecule has 8 nitrogen and oxygen atoms in total. The minimum absolute atomic E-state index is 0.0295. The molecule has 28 heavy (non-hydrogen) atoms. The van der Waals surface area contributed by atoms with Gasteiger partial charge in [-0.25, -0.2) is 0 Å². The second-order valence-electron chi connectivity index (χ2n) is 7.14. The lowest BCUT2D eigenvalue weighted by atomic mass is 9.81. The van der Waals surface area contributed by atoms with E-state index in [1.807, 2.05) is 35.2 Å². The van der Waals surface area contributed by atoms with E-state index in [1.54, 1.807) is 7.11 Å². The van der Waals surface area contributed by atoms with Crippen molar-refractivity contribution in [2.45, 2.75) is 31.8 Å². The molecular weight excluding hydrogens is 362 g/mol. The molecule has 0 radical (unpaired) electrons. The van der Waals surface area contributed by atoms with E-state index < -0.39 is 0 Å². The highest BCUT2D eigenvalue weighted by atomic mass is 16.5. The molecule has 1 aromatic carbocycles. The number of likely N-dealkylation sites (tertiary alicyclic amines) is 1. The Bertz CT molecular complexity index is 751. The zero-order chi connectivity index (χ0) is 19.8. The summed E-state index contributed by atoms with van der Waals surface area (Å²) in [5.74, 6) is 1.75. The molecule has 1 saturated heterocycles. The molecule has 1 amide bonds. The van der Waals surface area contributed by atoms with Gasteiger partial charge in [-0.2, -0.15) is 4.98 Å². The first-order valence-electron chi connectivity index (χ1n) is 9.46. The van der Waals surface area contributed by atoms with Crippen LogP contribution in [-0.4, -0.2) is 61.0 Å². The highest BCUT2D eigenvalue weighted by Gasteiger charge is 2.38. The zero-order valence-corrected chi connectivity index (χ0v) is 16.4. The topological polar surface area (TPSA) is 86.9 Å². The quantitative estimate of drug-likeness (QED) is 0.608. The van der Waals surface area contributed by atoms with Crippen LogP contribution in [0.4, 0.5) is 0 Å². The van der Waals surface area contributed by atoms with E-state index in [2.05, 4.69) is 17.1 Å². The normalized spacial score (nSPS) is 19.6. The Balaban J connectivity index is 1.56. The number of ether oxygens (including phenoxy) is 3. The van der Waals surface area contributed by atoms with Gasteiger partial charge in [-0.15, -0.1) is 0 Å². The van der Waals surface area contributed by atoms with Crippen molar-refractivity contribution in [3.8, 4) is 5.75 Å². The molecule has 1 unspecified atom stereocenters. The van der Waals surface area contributed by atoms with Gasteiger partial charge in [-0.05, 0) is 25.0 Å². The van der Waals surface area contributed by atoms with Crippen LogP contribution in [0.15, 0.2) is 34.9 Å². The van der Waals surface area contributed by atoms with Gasteiger partial charge in [-0.1, -0.05) is 30.3 Å². The van der Waals surface area contributed by atoms with E-state index in [1.165, 1.54) is 0 Å². The van der Waals surface area contributed by atoms with Crippen LogP contribution in [0, 0.1) is 0 Å². The van der Waals surface area contributed by atoms with Crippen molar-refractivity contribution >= 4 is 5.91 Å². The number of para-hydroxylation sites is 1. The third-order valence-electron chi connectivity index (χ3n) is 4.82. The Morgan fingerprint density at radius 3 is 2.89 bits per heavy atom. The predicted octanol–water partition coefficient (Wildman–Crippen LogP) is 2.19. The Kier molecular flexibility index (Phi) is 7.00. The van der Waals surface area contributed by atoms with Crippen molar-refractivity contribution in [3.63, 3.8) is 0 Å². The lowest BCUT2D eigenvalue weighted by Gasteiger charge is -2.38. The second kappa shape index (κ2) is 9.66. The van der Waals surface area contributed by atoms with Gasteiger partial charge in [0.05, 0.1) is 13.2 Å². The number of piperidine rings is 1. The van der Waals surface area contributed by atoms with Crippen molar-refractivity contribution in [2.24, 2.45) is 0 Å². The van der Waals surface area contributed by atoms with Gasteiger partial charge >= 0.3 is 0 Å². The van der Waals surface area contributed by atoms with Crippen molar-refractivity contribution in [3.05, 3.63) is 42.0 Å². The Labute approximate surface area is 164 Å². The van der Waals surface area contributed by atoms with Crippen LogP contribution in [0.5, 0.6) is 5.75 Å². The smallest absolute Gasteiger partial charge is 0.264 e. The molecule has 1 aliphatic heterocycles. The number of nitrogens with zero attached hydrogens (tertiary/aromatic N) is 3. The number of aromatic nitrogens is 2. The minimum atomic E-state index is -0.352. The molecular formula is C20H27N3O5. The minimum Gasteiger partial charge on any atom is -0.484 e. The summed E-state index contributed by atoms with van der Waals surface area (Å²) in [6, 6.07) is 9.48. The second-order valence-corrected chi connectivity index (χ2v) is 7.14. The number of carbonyl (C=O) groups excluding carboxylic acids is 1. The summed E-state index contributed by atoms with van der Waals surface area (Å²) >= 11 is 0. The first kappa shape index (κ1) is 20.3. The number of benzene rings is 1. The first-order chi connectivity index (χ1) is 13.6. The van der Waals surface area contributed by atoms with Gasteiger partial charge in [0.1, 0.15) is 12.4 Å². The summed E-state index contributed by atoms with van der Waals surface area (Å²) in [5, 5.41) is 4.15. The molecule has 1 atom stereocenters. The van der Waals surface area contributed by atoms with Gasteiger partial charge in [0, 0.05) is 25.6 Å². The number of hydrogen-bond donors (Lipinski definition) is 0. The number of methoxy groups -OCH3 is 1. The molecule has 3 rings (SSSR count). The van der Waals surface area contributed by atoms with Crippen molar-refractivity contribution in [2.75, 3.05) is 40.0 Å². The maximum absolute atomic E-state index is 12.4. The molecule has 0 bridgehead atoms. The number of amides is 1. The Morgan fingerprint density at radius 2 is 2.11 bits per heavy atom. The molecule has 1 aromatic heterocycles. The highest BCUT2D eigenvalue weighted by molar-refractivity contribution is 5.77. The number of hydrogen-bond acceptors (Lipinski definition) is 7. The summed E-state index contributed by atoms with van der Waals surface area (Å²) < 4.78 is 21.3. The van der Waals surface area contributed by atoms with Gasteiger partial charge in [-0.3, -0.25) is 4.79 Å². The van der Waals surface area contributed by atoms with Crippen LogP contribution in [0.3, 0.4) is 0 Å². The summed E-state index contributed by atoms with van der Waals surface area (Å²) in [6.07, 6.45) is 1.77. The third-order valence-corrected chi connectivity index (χ3v) is 4.82. The van der Waals surface area contributed by atoms with E-state index in [0.29, 0.717) is 38.0 Å². The van der Waals surface area contributed by atoms with Crippen molar-refractivity contribution in [1.82, 2.24) is 15.0 Å². The molecule has 2 aromatic rings. The lowest BCUT2D eigenvalue weighted by Crippen LogP contribution is -2.48. The summed E-state index contributed by atoms with van der Waals surface area (Å²) in [5.41, 5.74) is -0.352. The predicted molar refractivity (Wildman–Crippen MR) is 101 cm³/mol. The van der Waals surface area contributed by atoms with E-state index >= 15 is 0 Å². The molecule has 8 heteroatoms. The molecule has 0 spiro atoms. The van der Waals surface area contributed by atoms with Crippen molar-refractivity contribution in [1.29, 1.82) is 0 Å². The maximum Gasteiger partial charge on any atom is 0.264 e. The fraction of sp³-hybridized carbons (Fsp3) is 0.550. The van der Waals surface area contributed by atoms with Crippen molar-refractivity contribution < 1.29 is 23.5 Å². The standard InChI is InChI=1S/C20H27N3O5/c1-20(9-6-10-23(15-20)18(24)14-26-12-11-25-2)19-21-17(28-22-19)13-27-16-7-4-3-5-8-16/h3-5,7-8H,6,9-15H2,1-2H3. The first-order valence-corrected chi connectivity index (χ1v) is 9.46. The fourth-order valence-electron chi connectivity index (χ4n) is 3.25. The Morgan fingerprint density at radius 1 is 1.29 bits per heavy atom.